The van der Waals surface area contributed by atoms with E-state index >= 15 is 0 Å². The Bertz CT molecular complexity index is 413. The van der Waals surface area contributed by atoms with Gasteiger partial charge in [-0.05, 0) is 30.4 Å². The molecule has 1 aliphatic rings. The zero-order valence-corrected chi connectivity index (χ0v) is 9.31. The number of benzene rings is 1. The second-order valence-electron chi connectivity index (χ2n) is 4.38. The molecule has 3 nitrogen and oxygen atoms in total. The van der Waals surface area contributed by atoms with Crippen molar-refractivity contribution in [2.45, 2.75) is 31.8 Å². The van der Waals surface area contributed by atoms with Gasteiger partial charge >= 0.3 is 5.97 Å². The molecule has 0 amide bonds. The summed E-state index contributed by atoms with van der Waals surface area (Å²) >= 11 is 0. The Morgan fingerprint density at radius 2 is 2.19 bits per heavy atom. The number of aliphatic carboxylic acids is 1. The van der Waals surface area contributed by atoms with Gasteiger partial charge in [0.15, 0.2) is 0 Å². The standard InChI is InChI=1S/C13H16O3/c1-2-10(12(14)15)13(16)8-7-9-5-3-4-6-11(9)13/h3-6,10,16H,2,7-8H2,1H3,(H,14,15). The van der Waals surface area contributed by atoms with Crippen molar-refractivity contribution in [3.63, 3.8) is 0 Å². The highest BCUT2D eigenvalue weighted by Crippen LogP contribution is 2.43. The lowest BCUT2D eigenvalue weighted by atomic mass is 9.81. The zero-order chi connectivity index (χ0) is 11.8. The molecule has 86 valence electrons. The second-order valence-corrected chi connectivity index (χ2v) is 4.38. The molecule has 0 saturated carbocycles. The SMILES string of the molecule is CCC(C(=O)O)C1(O)CCc2ccccc21. The summed E-state index contributed by atoms with van der Waals surface area (Å²) in [6.45, 7) is 1.80. The molecule has 0 radical (unpaired) electrons. The Morgan fingerprint density at radius 1 is 1.50 bits per heavy atom. The Labute approximate surface area is 94.7 Å². The molecule has 0 aliphatic heterocycles. The summed E-state index contributed by atoms with van der Waals surface area (Å²) < 4.78 is 0. The van der Waals surface area contributed by atoms with Gasteiger partial charge in [0.25, 0.3) is 0 Å². The van der Waals surface area contributed by atoms with E-state index in [0.717, 1.165) is 17.5 Å². The van der Waals surface area contributed by atoms with Gasteiger partial charge in [0.05, 0.1) is 5.92 Å². The van der Waals surface area contributed by atoms with Crippen LogP contribution in [0.5, 0.6) is 0 Å². The van der Waals surface area contributed by atoms with Crippen molar-refractivity contribution in [3.05, 3.63) is 35.4 Å². The van der Waals surface area contributed by atoms with Crippen LogP contribution in [0.1, 0.15) is 30.9 Å². The summed E-state index contributed by atoms with van der Waals surface area (Å²) in [5.74, 6) is -1.63. The van der Waals surface area contributed by atoms with E-state index in [1.807, 2.05) is 24.3 Å². The Morgan fingerprint density at radius 3 is 2.81 bits per heavy atom. The monoisotopic (exact) mass is 220 g/mol. The quantitative estimate of drug-likeness (QED) is 0.818. The van der Waals surface area contributed by atoms with E-state index < -0.39 is 17.5 Å². The smallest absolute Gasteiger partial charge is 0.309 e. The van der Waals surface area contributed by atoms with Crippen molar-refractivity contribution >= 4 is 5.97 Å². The molecular weight excluding hydrogens is 204 g/mol. The molecule has 2 atom stereocenters. The lowest BCUT2D eigenvalue weighted by Gasteiger charge is -2.30. The van der Waals surface area contributed by atoms with Crippen LogP contribution in [0.15, 0.2) is 24.3 Å². The van der Waals surface area contributed by atoms with Crippen molar-refractivity contribution in [1.82, 2.24) is 0 Å². The lowest BCUT2D eigenvalue weighted by Crippen LogP contribution is -2.37. The predicted molar refractivity (Wildman–Crippen MR) is 60.1 cm³/mol. The number of aliphatic hydroxyl groups is 1. The molecule has 1 aromatic carbocycles. The fraction of sp³-hybridized carbons (Fsp3) is 0.462. The summed E-state index contributed by atoms with van der Waals surface area (Å²) in [6, 6.07) is 7.58. The van der Waals surface area contributed by atoms with Crippen LogP contribution >= 0.6 is 0 Å². The van der Waals surface area contributed by atoms with Gasteiger partial charge < -0.3 is 10.2 Å². The molecule has 16 heavy (non-hydrogen) atoms. The molecular formula is C13H16O3. The second kappa shape index (κ2) is 3.91. The lowest BCUT2D eigenvalue weighted by molar-refractivity contribution is -0.153. The van der Waals surface area contributed by atoms with Crippen LogP contribution in [-0.4, -0.2) is 16.2 Å². The van der Waals surface area contributed by atoms with E-state index in [1.54, 1.807) is 6.92 Å². The topological polar surface area (TPSA) is 57.5 Å². The molecule has 0 heterocycles. The minimum Gasteiger partial charge on any atom is -0.481 e. The van der Waals surface area contributed by atoms with Gasteiger partial charge in [-0.2, -0.15) is 0 Å². The number of aryl methyl sites for hydroxylation is 1. The van der Waals surface area contributed by atoms with E-state index in [9.17, 15) is 9.90 Å². The summed E-state index contributed by atoms with van der Waals surface area (Å²) in [5.41, 5.74) is 0.686. The fourth-order valence-electron chi connectivity index (χ4n) is 2.70. The highest BCUT2D eigenvalue weighted by molar-refractivity contribution is 5.72. The van der Waals surface area contributed by atoms with Gasteiger partial charge in [0, 0.05) is 0 Å². The minimum atomic E-state index is -1.18. The molecule has 2 unspecified atom stereocenters. The maximum Gasteiger partial charge on any atom is 0.309 e. The molecule has 3 heteroatoms. The highest BCUT2D eigenvalue weighted by atomic mass is 16.4. The van der Waals surface area contributed by atoms with Gasteiger partial charge in [0.1, 0.15) is 5.60 Å². The normalized spacial score (nSPS) is 25.1. The number of carboxylic acid groups (broad SMARTS) is 1. The van der Waals surface area contributed by atoms with E-state index in [1.165, 1.54) is 0 Å². The van der Waals surface area contributed by atoms with Crippen molar-refractivity contribution in [3.8, 4) is 0 Å². The molecule has 0 saturated heterocycles. The molecule has 0 bridgehead atoms. The highest BCUT2D eigenvalue weighted by Gasteiger charge is 2.45. The number of carboxylic acids is 1. The molecule has 1 aromatic rings. The number of rotatable bonds is 3. The first kappa shape index (κ1) is 11.1. The van der Waals surface area contributed by atoms with Crippen molar-refractivity contribution in [2.75, 3.05) is 0 Å². The molecule has 2 rings (SSSR count). The summed E-state index contributed by atoms with van der Waals surface area (Å²) in [5, 5.41) is 19.8. The third-order valence-electron chi connectivity index (χ3n) is 3.54. The molecule has 0 fully saturated rings. The van der Waals surface area contributed by atoms with Gasteiger partial charge in [-0.1, -0.05) is 31.2 Å². The minimum absolute atomic E-state index is 0.445. The molecule has 0 spiro atoms. The fourth-order valence-corrected chi connectivity index (χ4v) is 2.70. The first-order chi connectivity index (χ1) is 7.59. The van der Waals surface area contributed by atoms with Gasteiger partial charge in [-0.15, -0.1) is 0 Å². The van der Waals surface area contributed by atoms with Crippen LogP contribution in [0.4, 0.5) is 0 Å². The number of hydrogen-bond acceptors (Lipinski definition) is 2. The van der Waals surface area contributed by atoms with Crippen molar-refractivity contribution in [2.24, 2.45) is 5.92 Å². The molecule has 0 aromatic heterocycles. The number of carbonyl (C=O) groups is 1. The number of hydrogen-bond donors (Lipinski definition) is 2. The van der Waals surface area contributed by atoms with Crippen LogP contribution in [0, 0.1) is 5.92 Å². The van der Waals surface area contributed by atoms with Gasteiger partial charge in [-0.25, -0.2) is 0 Å². The average molecular weight is 220 g/mol. The average Bonchev–Trinajstić information content (AvgIpc) is 2.59. The van der Waals surface area contributed by atoms with E-state index in [4.69, 9.17) is 5.11 Å². The van der Waals surface area contributed by atoms with E-state index in [2.05, 4.69) is 0 Å². The van der Waals surface area contributed by atoms with Crippen LogP contribution < -0.4 is 0 Å². The van der Waals surface area contributed by atoms with Crippen molar-refractivity contribution in [1.29, 1.82) is 0 Å². The Kier molecular flexibility index (Phi) is 2.72. The summed E-state index contributed by atoms with van der Waals surface area (Å²) in [6.07, 6.45) is 1.72. The molecule has 2 N–H and O–H groups in total. The predicted octanol–water partition coefficient (Wildman–Crippen LogP) is 1.93. The zero-order valence-electron chi connectivity index (χ0n) is 9.31. The maximum absolute atomic E-state index is 11.2. The van der Waals surface area contributed by atoms with Crippen LogP contribution in [0.3, 0.4) is 0 Å². The first-order valence-corrected chi connectivity index (χ1v) is 5.63. The summed E-state index contributed by atoms with van der Waals surface area (Å²) in [4.78, 5) is 11.2. The van der Waals surface area contributed by atoms with Crippen molar-refractivity contribution < 1.29 is 15.0 Å². The number of fused-ring (bicyclic) bond motifs is 1. The van der Waals surface area contributed by atoms with Crippen LogP contribution in [0.2, 0.25) is 0 Å². The first-order valence-electron chi connectivity index (χ1n) is 5.63. The van der Waals surface area contributed by atoms with Crippen LogP contribution in [-0.2, 0) is 16.8 Å². The third-order valence-corrected chi connectivity index (χ3v) is 3.54. The largest absolute Gasteiger partial charge is 0.481 e. The van der Waals surface area contributed by atoms with Gasteiger partial charge in [0.2, 0.25) is 0 Å². The van der Waals surface area contributed by atoms with E-state index in [-0.39, 0.29) is 0 Å². The third kappa shape index (κ3) is 1.52. The maximum atomic E-state index is 11.2. The summed E-state index contributed by atoms with van der Waals surface area (Å²) in [7, 11) is 0. The Hall–Kier alpha value is -1.35. The van der Waals surface area contributed by atoms with Crippen LogP contribution in [0.25, 0.3) is 0 Å². The van der Waals surface area contributed by atoms with Gasteiger partial charge in [-0.3, -0.25) is 4.79 Å². The Balaban J connectivity index is 2.44. The van der Waals surface area contributed by atoms with E-state index in [0.29, 0.717) is 12.8 Å². The molecule has 1 aliphatic carbocycles.